The van der Waals surface area contributed by atoms with Gasteiger partial charge in [-0.25, -0.2) is 0 Å². The zero-order valence-corrected chi connectivity index (χ0v) is 16.9. The van der Waals surface area contributed by atoms with E-state index in [1.165, 1.54) is 0 Å². The van der Waals surface area contributed by atoms with Crippen molar-refractivity contribution in [1.29, 1.82) is 0 Å². The van der Waals surface area contributed by atoms with Crippen LogP contribution in [-0.4, -0.2) is 6.61 Å². The smallest absolute Gasteiger partial charge is 0.133 e. The van der Waals surface area contributed by atoms with Crippen LogP contribution in [0, 0.1) is 0 Å². The van der Waals surface area contributed by atoms with Crippen molar-refractivity contribution < 1.29 is 4.74 Å². The Balaban J connectivity index is 2.26. The number of ether oxygens (including phenoxy) is 1. The predicted molar refractivity (Wildman–Crippen MR) is 99.5 cm³/mol. The Kier molecular flexibility index (Phi) is 6.60. The second kappa shape index (κ2) is 8.00. The van der Waals surface area contributed by atoms with Crippen LogP contribution in [0.15, 0.2) is 49.8 Å². The molecular weight excluding hydrogens is 483 g/mol. The quantitative estimate of drug-likeness (QED) is 0.401. The molecule has 0 aliphatic heterocycles. The Morgan fingerprint density at radius 1 is 1.00 bits per heavy atom. The number of benzene rings is 2. The fraction of sp³-hybridized carbons (Fsp3) is 0.250. The van der Waals surface area contributed by atoms with Crippen LogP contribution in [0.5, 0.6) is 5.75 Å². The molecule has 0 fully saturated rings. The van der Waals surface area contributed by atoms with Crippen molar-refractivity contribution >= 4 is 59.4 Å². The summed E-state index contributed by atoms with van der Waals surface area (Å²) in [5.74, 6) is 0.847. The third-order valence-corrected chi connectivity index (χ3v) is 4.93. The third kappa shape index (κ3) is 4.72. The SMILES string of the molecule is CCCOc1ccc(C(Cl)c2cc(Br)cc(Br)c2)cc1Br. The van der Waals surface area contributed by atoms with Gasteiger partial charge in [0.25, 0.3) is 0 Å². The molecule has 112 valence electrons. The van der Waals surface area contributed by atoms with Crippen molar-refractivity contribution in [2.45, 2.75) is 18.7 Å². The number of rotatable bonds is 5. The van der Waals surface area contributed by atoms with Crippen LogP contribution in [0.2, 0.25) is 0 Å². The van der Waals surface area contributed by atoms with Gasteiger partial charge in [0.05, 0.1) is 16.5 Å². The maximum Gasteiger partial charge on any atom is 0.133 e. The van der Waals surface area contributed by atoms with Crippen molar-refractivity contribution in [3.8, 4) is 5.75 Å². The Hall–Kier alpha value is -0.0300. The fourth-order valence-electron chi connectivity index (χ4n) is 1.92. The second-order valence-electron chi connectivity index (χ2n) is 4.60. The summed E-state index contributed by atoms with van der Waals surface area (Å²) >= 11 is 17.1. The van der Waals surface area contributed by atoms with Gasteiger partial charge in [0.15, 0.2) is 0 Å². The summed E-state index contributed by atoms with van der Waals surface area (Å²) in [5.41, 5.74) is 2.06. The molecule has 5 heteroatoms. The minimum atomic E-state index is -0.213. The van der Waals surface area contributed by atoms with E-state index in [0.717, 1.165) is 36.7 Å². The number of hydrogen-bond donors (Lipinski definition) is 0. The van der Waals surface area contributed by atoms with Crippen LogP contribution < -0.4 is 4.74 Å². The molecule has 0 aliphatic carbocycles. The molecular formula is C16H14Br3ClO. The molecule has 1 atom stereocenters. The van der Waals surface area contributed by atoms with Gasteiger partial charge in [-0.3, -0.25) is 0 Å². The second-order valence-corrected chi connectivity index (χ2v) is 7.73. The van der Waals surface area contributed by atoms with Crippen molar-refractivity contribution in [2.24, 2.45) is 0 Å². The molecule has 0 heterocycles. The minimum Gasteiger partial charge on any atom is -0.492 e. The first-order chi connectivity index (χ1) is 10.0. The molecule has 0 N–H and O–H groups in total. The number of hydrogen-bond acceptors (Lipinski definition) is 1. The van der Waals surface area contributed by atoms with Gasteiger partial charge in [-0.05, 0) is 63.8 Å². The van der Waals surface area contributed by atoms with E-state index in [0.29, 0.717) is 6.61 Å². The molecule has 0 bridgehead atoms. The zero-order valence-electron chi connectivity index (χ0n) is 11.4. The van der Waals surface area contributed by atoms with Crippen molar-refractivity contribution in [3.05, 3.63) is 60.9 Å². The first-order valence-corrected chi connectivity index (χ1v) is 9.35. The molecule has 2 aromatic carbocycles. The summed E-state index contributed by atoms with van der Waals surface area (Å²) < 4.78 is 8.58. The van der Waals surface area contributed by atoms with Gasteiger partial charge in [-0.2, -0.15) is 0 Å². The fourth-order valence-corrected chi connectivity index (χ4v) is 4.02. The van der Waals surface area contributed by atoms with E-state index in [1.54, 1.807) is 0 Å². The molecule has 2 rings (SSSR count). The Morgan fingerprint density at radius 3 is 2.24 bits per heavy atom. The van der Waals surface area contributed by atoms with Gasteiger partial charge in [-0.1, -0.05) is 44.8 Å². The third-order valence-electron chi connectivity index (χ3n) is 2.89. The topological polar surface area (TPSA) is 9.23 Å². The molecule has 21 heavy (non-hydrogen) atoms. The summed E-state index contributed by atoms with van der Waals surface area (Å²) in [7, 11) is 0. The monoisotopic (exact) mass is 494 g/mol. The highest BCUT2D eigenvalue weighted by atomic mass is 79.9. The Bertz CT molecular complexity index is 611. The lowest BCUT2D eigenvalue weighted by Gasteiger charge is -2.14. The van der Waals surface area contributed by atoms with Gasteiger partial charge < -0.3 is 4.74 Å². The molecule has 0 radical (unpaired) electrons. The van der Waals surface area contributed by atoms with E-state index in [2.05, 4.69) is 54.7 Å². The zero-order chi connectivity index (χ0) is 15.4. The summed E-state index contributed by atoms with van der Waals surface area (Å²) in [6.45, 7) is 2.79. The molecule has 1 unspecified atom stereocenters. The summed E-state index contributed by atoms with van der Waals surface area (Å²) in [6.07, 6.45) is 0.985. The molecule has 0 saturated carbocycles. The minimum absolute atomic E-state index is 0.213. The maximum absolute atomic E-state index is 6.60. The molecule has 0 saturated heterocycles. The molecule has 0 amide bonds. The molecule has 0 spiro atoms. The Morgan fingerprint density at radius 2 is 1.67 bits per heavy atom. The first-order valence-electron chi connectivity index (χ1n) is 6.53. The van der Waals surface area contributed by atoms with E-state index < -0.39 is 0 Å². The molecule has 0 aromatic heterocycles. The first kappa shape index (κ1) is 17.3. The van der Waals surface area contributed by atoms with Crippen molar-refractivity contribution in [1.82, 2.24) is 0 Å². The standard InChI is InChI=1S/C16H14Br3ClO/c1-2-5-21-15-4-3-10(8-14(15)19)16(20)11-6-12(17)9-13(18)7-11/h3-4,6-9,16H,2,5H2,1H3. The lowest BCUT2D eigenvalue weighted by atomic mass is 10.0. The predicted octanol–water partition coefficient (Wildman–Crippen LogP) is 7.09. The normalized spacial score (nSPS) is 12.2. The highest BCUT2D eigenvalue weighted by Crippen LogP contribution is 2.36. The lowest BCUT2D eigenvalue weighted by Crippen LogP contribution is -1.98. The van der Waals surface area contributed by atoms with Crippen molar-refractivity contribution in [3.63, 3.8) is 0 Å². The van der Waals surface area contributed by atoms with Crippen LogP contribution in [-0.2, 0) is 0 Å². The highest BCUT2D eigenvalue weighted by molar-refractivity contribution is 9.11. The summed E-state index contributed by atoms with van der Waals surface area (Å²) in [5, 5.41) is -0.213. The van der Waals surface area contributed by atoms with Crippen LogP contribution in [0.25, 0.3) is 0 Å². The van der Waals surface area contributed by atoms with Gasteiger partial charge in [-0.15, -0.1) is 11.6 Å². The largest absolute Gasteiger partial charge is 0.492 e. The summed E-state index contributed by atoms with van der Waals surface area (Å²) in [6, 6.07) is 12.0. The van der Waals surface area contributed by atoms with Crippen LogP contribution >= 0.6 is 59.4 Å². The van der Waals surface area contributed by atoms with Gasteiger partial charge >= 0.3 is 0 Å². The maximum atomic E-state index is 6.60. The molecule has 1 nitrogen and oxygen atoms in total. The van der Waals surface area contributed by atoms with Crippen LogP contribution in [0.1, 0.15) is 29.8 Å². The van der Waals surface area contributed by atoms with E-state index in [-0.39, 0.29) is 5.38 Å². The highest BCUT2D eigenvalue weighted by Gasteiger charge is 2.14. The van der Waals surface area contributed by atoms with E-state index in [1.807, 2.05) is 36.4 Å². The van der Waals surface area contributed by atoms with Gasteiger partial charge in [0.2, 0.25) is 0 Å². The number of alkyl halides is 1. The average molecular weight is 497 g/mol. The lowest BCUT2D eigenvalue weighted by molar-refractivity contribution is 0.315. The number of halogens is 4. The average Bonchev–Trinajstić information content (AvgIpc) is 2.44. The van der Waals surface area contributed by atoms with Gasteiger partial charge in [0.1, 0.15) is 5.75 Å². The molecule has 2 aromatic rings. The van der Waals surface area contributed by atoms with E-state index in [4.69, 9.17) is 16.3 Å². The van der Waals surface area contributed by atoms with E-state index >= 15 is 0 Å². The van der Waals surface area contributed by atoms with Gasteiger partial charge in [0, 0.05) is 8.95 Å². The van der Waals surface area contributed by atoms with Crippen LogP contribution in [0.3, 0.4) is 0 Å². The summed E-state index contributed by atoms with van der Waals surface area (Å²) in [4.78, 5) is 0. The Labute approximate surface area is 155 Å². The van der Waals surface area contributed by atoms with E-state index in [9.17, 15) is 0 Å². The van der Waals surface area contributed by atoms with Crippen LogP contribution in [0.4, 0.5) is 0 Å². The van der Waals surface area contributed by atoms with Crippen molar-refractivity contribution in [2.75, 3.05) is 6.61 Å². The molecule has 0 aliphatic rings.